The van der Waals surface area contributed by atoms with Crippen molar-refractivity contribution in [2.45, 2.75) is 46.6 Å². The molecule has 0 saturated carbocycles. The predicted molar refractivity (Wildman–Crippen MR) is 64.1 cm³/mol. The van der Waals surface area contributed by atoms with Crippen LogP contribution < -0.4 is 5.32 Å². The first-order valence-corrected chi connectivity index (χ1v) is 5.68. The Bertz CT molecular complexity index is 322. The van der Waals surface area contributed by atoms with E-state index in [1.165, 1.54) is 0 Å². The summed E-state index contributed by atoms with van der Waals surface area (Å²) in [5.74, 6) is 1.01. The SMILES string of the molecule is C[C@H](Cc1ccco1)NC(=O)CC(C)(C)C. The van der Waals surface area contributed by atoms with Gasteiger partial charge in [0, 0.05) is 18.9 Å². The molecule has 1 amide bonds. The van der Waals surface area contributed by atoms with E-state index in [2.05, 4.69) is 26.1 Å². The molecule has 3 heteroatoms. The molecular formula is C13H21NO2. The number of carbonyl (C=O) groups excluding carboxylic acids is 1. The summed E-state index contributed by atoms with van der Waals surface area (Å²) in [6, 6.07) is 3.90. The lowest BCUT2D eigenvalue weighted by atomic mass is 9.92. The Kier molecular flexibility index (Phi) is 4.16. The highest BCUT2D eigenvalue weighted by atomic mass is 16.3. The highest BCUT2D eigenvalue weighted by Gasteiger charge is 2.17. The van der Waals surface area contributed by atoms with Gasteiger partial charge in [-0.25, -0.2) is 0 Å². The quantitative estimate of drug-likeness (QED) is 0.852. The van der Waals surface area contributed by atoms with Crippen molar-refractivity contribution in [3.8, 4) is 0 Å². The van der Waals surface area contributed by atoms with Gasteiger partial charge in [0.15, 0.2) is 0 Å². The van der Waals surface area contributed by atoms with Gasteiger partial charge in [-0.15, -0.1) is 0 Å². The largest absolute Gasteiger partial charge is 0.469 e. The standard InChI is InChI=1S/C13H21NO2/c1-10(8-11-6-5-7-16-11)14-12(15)9-13(2,3)4/h5-7,10H,8-9H2,1-4H3,(H,14,15)/t10-/m1/s1. The van der Waals surface area contributed by atoms with Crippen LogP contribution in [0.25, 0.3) is 0 Å². The second-order valence-corrected chi connectivity index (χ2v) is 5.49. The van der Waals surface area contributed by atoms with E-state index in [4.69, 9.17) is 4.42 Å². The molecule has 1 N–H and O–H groups in total. The summed E-state index contributed by atoms with van der Waals surface area (Å²) >= 11 is 0. The van der Waals surface area contributed by atoms with Gasteiger partial charge in [-0.1, -0.05) is 20.8 Å². The first-order chi connectivity index (χ1) is 7.37. The summed E-state index contributed by atoms with van der Waals surface area (Å²) < 4.78 is 5.24. The molecule has 0 bridgehead atoms. The Labute approximate surface area is 97.2 Å². The van der Waals surface area contributed by atoms with E-state index in [-0.39, 0.29) is 17.4 Å². The summed E-state index contributed by atoms with van der Waals surface area (Å²) in [6.45, 7) is 8.17. The molecule has 1 rings (SSSR count). The van der Waals surface area contributed by atoms with Crippen LogP contribution in [0.5, 0.6) is 0 Å². The van der Waals surface area contributed by atoms with Gasteiger partial charge in [-0.05, 0) is 24.5 Å². The smallest absolute Gasteiger partial charge is 0.220 e. The van der Waals surface area contributed by atoms with E-state index >= 15 is 0 Å². The number of amides is 1. The molecule has 0 spiro atoms. The molecule has 1 aromatic heterocycles. The van der Waals surface area contributed by atoms with Crippen LogP contribution in [-0.4, -0.2) is 11.9 Å². The van der Waals surface area contributed by atoms with Crippen LogP contribution in [0.3, 0.4) is 0 Å². The molecule has 0 radical (unpaired) electrons. The average molecular weight is 223 g/mol. The fraction of sp³-hybridized carbons (Fsp3) is 0.615. The molecule has 0 fully saturated rings. The zero-order chi connectivity index (χ0) is 12.2. The average Bonchev–Trinajstić information content (AvgIpc) is 2.51. The van der Waals surface area contributed by atoms with E-state index < -0.39 is 0 Å². The van der Waals surface area contributed by atoms with E-state index in [0.29, 0.717) is 6.42 Å². The maximum absolute atomic E-state index is 11.7. The van der Waals surface area contributed by atoms with Crippen LogP contribution in [0.1, 0.15) is 39.9 Å². The fourth-order valence-corrected chi connectivity index (χ4v) is 1.59. The molecule has 0 aliphatic carbocycles. The van der Waals surface area contributed by atoms with Crippen molar-refractivity contribution < 1.29 is 9.21 Å². The van der Waals surface area contributed by atoms with Gasteiger partial charge in [0.2, 0.25) is 5.91 Å². The Morgan fingerprint density at radius 3 is 2.69 bits per heavy atom. The van der Waals surface area contributed by atoms with Crippen molar-refractivity contribution in [2.24, 2.45) is 5.41 Å². The third kappa shape index (κ3) is 5.01. The first kappa shape index (κ1) is 12.8. The summed E-state index contributed by atoms with van der Waals surface area (Å²) in [7, 11) is 0. The van der Waals surface area contributed by atoms with Crippen molar-refractivity contribution in [3.05, 3.63) is 24.2 Å². The minimum absolute atomic E-state index is 0.0362. The van der Waals surface area contributed by atoms with Gasteiger partial charge in [0.05, 0.1) is 6.26 Å². The second-order valence-electron chi connectivity index (χ2n) is 5.49. The monoisotopic (exact) mass is 223 g/mol. The topological polar surface area (TPSA) is 42.2 Å². The van der Waals surface area contributed by atoms with Gasteiger partial charge >= 0.3 is 0 Å². The fourth-order valence-electron chi connectivity index (χ4n) is 1.59. The maximum Gasteiger partial charge on any atom is 0.220 e. The van der Waals surface area contributed by atoms with E-state index in [0.717, 1.165) is 12.2 Å². The lowest BCUT2D eigenvalue weighted by molar-refractivity contribution is -0.123. The number of carbonyl (C=O) groups is 1. The number of hydrogen-bond acceptors (Lipinski definition) is 2. The van der Waals surface area contributed by atoms with Crippen molar-refractivity contribution in [1.82, 2.24) is 5.32 Å². The summed E-state index contributed by atoms with van der Waals surface area (Å²) in [6.07, 6.45) is 2.94. The molecule has 1 atom stereocenters. The van der Waals surface area contributed by atoms with Crippen molar-refractivity contribution in [1.29, 1.82) is 0 Å². The number of nitrogens with one attached hydrogen (secondary N) is 1. The lowest BCUT2D eigenvalue weighted by Crippen LogP contribution is -2.35. The molecular weight excluding hydrogens is 202 g/mol. The van der Waals surface area contributed by atoms with Gasteiger partial charge in [0.1, 0.15) is 5.76 Å². The normalized spacial score (nSPS) is 13.5. The first-order valence-electron chi connectivity index (χ1n) is 5.68. The minimum atomic E-state index is 0.0362. The van der Waals surface area contributed by atoms with Crippen LogP contribution in [0.15, 0.2) is 22.8 Å². The Balaban J connectivity index is 2.34. The molecule has 0 unspecified atom stereocenters. The van der Waals surface area contributed by atoms with E-state index in [9.17, 15) is 4.79 Å². The van der Waals surface area contributed by atoms with Crippen LogP contribution in [0.2, 0.25) is 0 Å². The third-order valence-corrected chi connectivity index (χ3v) is 2.19. The molecule has 0 saturated heterocycles. The Morgan fingerprint density at radius 1 is 1.50 bits per heavy atom. The molecule has 1 heterocycles. The van der Waals surface area contributed by atoms with Crippen molar-refractivity contribution in [3.63, 3.8) is 0 Å². The number of furan rings is 1. The molecule has 1 aromatic rings. The summed E-state index contributed by atoms with van der Waals surface area (Å²) in [5.41, 5.74) is 0.0362. The van der Waals surface area contributed by atoms with Crippen LogP contribution in [-0.2, 0) is 11.2 Å². The Hall–Kier alpha value is -1.25. The second kappa shape index (κ2) is 5.19. The molecule has 3 nitrogen and oxygen atoms in total. The number of hydrogen-bond donors (Lipinski definition) is 1. The van der Waals surface area contributed by atoms with Gasteiger partial charge in [0.25, 0.3) is 0 Å². The van der Waals surface area contributed by atoms with E-state index in [1.54, 1.807) is 6.26 Å². The summed E-state index contributed by atoms with van der Waals surface area (Å²) in [4.78, 5) is 11.7. The Morgan fingerprint density at radius 2 is 2.19 bits per heavy atom. The van der Waals surface area contributed by atoms with Gasteiger partial charge < -0.3 is 9.73 Å². The zero-order valence-corrected chi connectivity index (χ0v) is 10.5. The molecule has 90 valence electrons. The minimum Gasteiger partial charge on any atom is -0.469 e. The molecule has 0 aliphatic rings. The maximum atomic E-state index is 11.7. The molecule has 0 aliphatic heterocycles. The van der Waals surface area contributed by atoms with Gasteiger partial charge in [-0.3, -0.25) is 4.79 Å². The highest BCUT2D eigenvalue weighted by Crippen LogP contribution is 2.18. The van der Waals surface area contributed by atoms with E-state index in [1.807, 2.05) is 19.1 Å². The van der Waals surface area contributed by atoms with Crippen molar-refractivity contribution in [2.75, 3.05) is 0 Å². The zero-order valence-electron chi connectivity index (χ0n) is 10.5. The summed E-state index contributed by atoms with van der Waals surface area (Å²) in [5, 5.41) is 2.98. The molecule has 0 aromatic carbocycles. The van der Waals surface area contributed by atoms with Crippen molar-refractivity contribution >= 4 is 5.91 Å². The lowest BCUT2D eigenvalue weighted by Gasteiger charge is -2.19. The van der Waals surface area contributed by atoms with Gasteiger partial charge in [-0.2, -0.15) is 0 Å². The molecule has 16 heavy (non-hydrogen) atoms. The highest BCUT2D eigenvalue weighted by molar-refractivity contribution is 5.76. The van der Waals surface area contributed by atoms with Crippen LogP contribution in [0, 0.1) is 5.41 Å². The third-order valence-electron chi connectivity index (χ3n) is 2.19. The van der Waals surface area contributed by atoms with Crippen LogP contribution >= 0.6 is 0 Å². The van der Waals surface area contributed by atoms with Crippen LogP contribution in [0.4, 0.5) is 0 Å². The predicted octanol–water partition coefficient (Wildman–Crippen LogP) is 2.76. The number of rotatable bonds is 4.